The Balaban J connectivity index is 1.91. The van der Waals surface area contributed by atoms with Gasteiger partial charge in [0.1, 0.15) is 5.82 Å². The van der Waals surface area contributed by atoms with Crippen LogP contribution in [0, 0.1) is 11.2 Å². The Hall–Kier alpha value is -0.930. The van der Waals surface area contributed by atoms with Crippen LogP contribution in [0.2, 0.25) is 0 Å². The Kier molecular flexibility index (Phi) is 2.10. The van der Waals surface area contributed by atoms with Crippen molar-refractivity contribution < 1.29 is 9.50 Å². The molecule has 86 valence electrons. The van der Waals surface area contributed by atoms with Gasteiger partial charge in [0.15, 0.2) is 0 Å². The van der Waals surface area contributed by atoms with E-state index >= 15 is 0 Å². The van der Waals surface area contributed by atoms with E-state index in [9.17, 15) is 9.50 Å². The highest BCUT2D eigenvalue weighted by Gasteiger charge is 2.57. The molecule has 1 aromatic carbocycles. The van der Waals surface area contributed by atoms with Crippen molar-refractivity contribution in [1.82, 2.24) is 5.32 Å². The Morgan fingerprint density at radius 2 is 2.12 bits per heavy atom. The minimum atomic E-state index is -0.168. The Morgan fingerprint density at radius 3 is 2.81 bits per heavy atom. The number of benzene rings is 1. The highest BCUT2D eigenvalue weighted by molar-refractivity contribution is 5.33. The summed E-state index contributed by atoms with van der Waals surface area (Å²) in [7, 11) is 0. The number of rotatable bonds is 2. The molecule has 3 heteroatoms. The molecule has 0 radical (unpaired) electrons. The van der Waals surface area contributed by atoms with Gasteiger partial charge in [-0.1, -0.05) is 12.1 Å². The van der Waals surface area contributed by atoms with Crippen molar-refractivity contribution in [3.8, 4) is 0 Å². The number of nitrogens with one attached hydrogen (secondary N) is 1. The lowest BCUT2D eigenvalue weighted by Crippen LogP contribution is -2.65. The fraction of sp³-hybridized carbons (Fsp3) is 0.538. The predicted octanol–water partition coefficient (Wildman–Crippen LogP) is 1.44. The van der Waals surface area contributed by atoms with E-state index < -0.39 is 0 Å². The summed E-state index contributed by atoms with van der Waals surface area (Å²) in [5.74, 6) is -0.168. The topological polar surface area (TPSA) is 32.3 Å². The van der Waals surface area contributed by atoms with E-state index in [1.54, 1.807) is 12.1 Å². The highest BCUT2D eigenvalue weighted by Crippen LogP contribution is 2.57. The number of aliphatic hydroxyl groups excluding tert-OH is 1. The first-order valence-electron chi connectivity index (χ1n) is 5.76. The van der Waals surface area contributed by atoms with Crippen molar-refractivity contribution in [2.45, 2.75) is 18.3 Å². The second-order valence-electron chi connectivity index (χ2n) is 5.41. The van der Waals surface area contributed by atoms with E-state index in [4.69, 9.17) is 0 Å². The number of fused-ring (bicyclic) bond motifs is 2. The molecule has 1 aromatic rings. The fourth-order valence-electron chi connectivity index (χ4n) is 3.49. The highest BCUT2D eigenvalue weighted by atomic mass is 19.1. The first-order chi connectivity index (χ1) is 7.68. The summed E-state index contributed by atoms with van der Waals surface area (Å²) < 4.78 is 13.2. The standard InChI is InChI=1S/C13H16FNO/c14-11-3-1-2-10(4-11)13-5-12(6-13,9-16)7-15-8-13/h1-4,15-16H,5-9H2. The largest absolute Gasteiger partial charge is 0.396 e. The van der Waals surface area contributed by atoms with Crippen LogP contribution in [0.15, 0.2) is 24.3 Å². The van der Waals surface area contributed by atoms with Gasteiger partial charge in [0.25, 0.3) is 0 Å². The third-order valence-corrected chi connectivity index (χ3v) is 4.16. The van der Waals surface area contributed by atoms with Crippen LogP contribution in [-0.4, -0.2) is 24.8 Å². The average Bonchev–Trinajstić information content (AvgIpc) is 2.28. The van der Waals surface area contributed by atoms with Gasteiger partial charge in [-0.15, -0.1) is 0 Å². The Bertz CT molecular complexity index is 412. The predicted molar refractivity (Wildman–Crippen MR) is 59.7 cm³/mol. The van der Waals surface area contributed by atoms with Gasteiger partial charge in [0, 0.05) is 30.5 Å². The molecule has 16 heavy (non-hydrogen) atoms. The molecule has 0 aromatic heterocycles. The van der Waals surface area contributed by atoms with Gasteiger partial charge in [0.2, 0.25) is 0 Å². The molecule has 2 heterocycles. The van der Waals surface area contributed by atoms with Gasteiger partial charge in [-0.25, -0.2) is 4.39 Å². The van der Waals surface area contributed by atoms with Crippen molar-refractivity contribution in [1.29, 1.82) is 0 Å². The lowest BCUT2D eigenvalue weighted by Gasteiger charge is -2.60. The van der Waals surface area contributed by atoms with E-state index in [1.807, 2.05) is 6.07 Å². The zero-order chi connectivity index (χ0) is 11.2. The SMILES string of the molecule is OCC12CNCC(c3cccc(F)c3)(C1)C2. The maximum absolute atomic E-state index is 13.2. The molecule has 0 atom stereocenters. The molecule has 3 fully saturated rings. The molecule has 1 aliphatic carbocycles. The van der Waals surface area contributed by atoms with Gasteiger partial charge >= 0.3 is 0 Å². The molecule has 2 N–H and O–H groups in total. The van der Waals surface area contributed by atoms with Gasteiger partial charge in [-0.05, 0) is 30.5 Å². The van der Waals surface area contributed by atoms with Crippen LogP contribution in [0.3, 0.4) is 0 Å². The molecular weight excluding hydrogens is 205 g/mol. The summed E-state index contributed by atoms with van der Waals surface area (Å²) >= 11 is 0. The molecule has 0 unspecified atom stereocenters. The number of aliphatic hydroxyl groups is 1. The average molecular weight is 221 g/mol. The van der Waals surface area contributed by atoms with Crippen LogP contribution in [0.1, 0.15) is 18.4 Å². The second-order valence-corrected chi connectivity index (χ2v) is 5.41. The zero-order valence-electron chi connectivity index (χ0n) is 9.17. The smallest absolute Gasteiger partial charge is 0.123 e. The fourth-order valence-corrected chi connectivity index (χ4v) is 3.49. The second kappa shape index (κ2) is 3.28. The molecular formula is C13H16FNO. The Labute approximate surface area is 94.5 Å². The van der Waals surface area contributed by atoms with Gasteiger partial charge in [0.05, 0.1) is 0 Å². The molecule has 2 saturated heterocycles. The van der Waals surface area contributed by atoms with Crippen molar-refractivity contribution in [3.05, 3.63) is 35.6 Å². The third kappa shape index (κ3) is 1.31. The molecule has 3 aliphatic rings. The quantitative estimate of drug-likeness (QED) is 0.792. The maximum atomic E-state index is 13.2. The van der Waals surface area contributed by atoms with Gasteiger partial charge in [-0.2, -0.15) is 0 Å². The maximum Gasteiger partial charge on any atom is 0.123 e. The van der Waals surface area contributed by atoms with Crippen molar-refractivity contribution in [3.63, 3.8) is 0 Å². The first kappa shape index (κ1) is 10.2. The van der Waals surface area contributed by atoms with E-state index in [0.717, 1.165) is 31.5 Å². The number of piperidine rings is 2. The minimum Gasteiger partial charge on any atom is -0.396 e. The van der Waals surface area contributed by atoms with E-state index in [-0.39, 0.29) is 23.3 Å². The van der Waals surface area contributed by atoms with E-state index in [0.29, 0.717) is 0 Å². The summed E-state index contributed by atoms with van der Waals surface area (Å²) in [5.41, 5.74) is 1.18. The molecule has 4 rings (SSSR count). The third-order valence-electron chi connectivity index (χ3n) is 4.16. The summed E-state index contributed by atoms with van der Waals surface area (Å²) in [4.78, 5) is 0. The molecule has 2 aliphatic heterocycles. The van der Waals surface area contributed by atoms with Gasteiger partial charge < -0.3 is 10.4 Å². The molecule has 2 nitrogen and oxygen atoms in total. The van der Waals surface area contributed by atoms with Crippen molar-refractivity contribution in [2.75, 3.05) is 19.7 Å². The zero-order valence-corrected chi connectivity index (χ0v) is 9.17. The summed E-state index contributed by atoms with van der Waals surface area (Å²) in [6.45, 7) is 2.02. The van der Waals surface area contributed by atoms with Crippen molar-refractivity contribution in [2.24, 2.45) is 5.41 Å². The van der Waals surface area contributed by atoms with E-state index in [1.165, 1.54) is 6.07 Å². The molecule has 1 saturated carbocycles. The lowest BCUT2D eigenvalue weighted by atomic mass is 9.48. The number of hydrogen-bond donors (Lipinski definition) is 2. The van der Waals surface area contributed by atoms with Gasteiger partial charge in [-0.3, -0.25) is 0 Å². The first-order valence-corrected chi connectivity index (χ1v) is 5.76. The monoisotopic (exact) mass is 221 g/mol. The van der Waals surface area contributed by atoms with Crippen LogP contribution in [0.25, 0.3) is 0 Å². The molecule has 0 spiro atoms. The van der Waals surface area contributed by atoms with Crippen LogP contribution < -0.4 is 5.32 Å². The minimum absolute atomic E-state index is 0.0462. The lowest BCUT2D eigenvalue weighted by molar-refractivity contribution is -0.0583. The summed E-state index contributed by atoms with van der Waals surface area (Å²) in [5, 5.41) is 12.7. The van der Waals surface area contributed by atoms with Crippen LogP contribution in [-0.2, 0) is 5.41 Å². The number of hydrogen-bond acceptors (Lipinski definition) is 2. The number of halogens is 1. The normalized spacial score (nSPS) is 36.9. The van der Waals surface area contributed by atoms with E-state index in [2.05, 4.69) is 5.32 Å². The Morgan fingerprint density at radius 1 is 1.31 bits per heavy atom. The molecule has 0 amide bonds. The van der Waals surface area contributed by atoms with Crippen LogP contribution in [0.4, 0.5) is 4.39 Å². The summed E-state index contributed by atoms with van der Waals surface area (Å²) in [6.07, 6.45) is 1.96. The van der Waals surface area contributed by atoms with Crippen LogP contribution in [0.5, 0.6) is 0 Å². The van der Waals surface area contributed by atoms with Crippen molar-refractivity contribution >= 4 is 0 Å². The summed E-state index contributed by atoms with van der Waals surface area (Å²) in [6, 6.07) is 6.88. The van der Waals surface area contributed by atoms with Crippen LogP contribution >= 0.6 is 0 Å². The molecule has 2 bridgehead atoms.